The number of allylic oxidation sites excluding steroid dienone is 1. The molecule has 2 aliphatic rings. The summed E-state index contributed by atoms with van der Waals surface area (Å²) in [6, 6.07) is 13.2. The van der Waals surface area contributed by atoms with Crippen molar-refractivity contribution >= 4 is 11.9 Å². The van der Waals surface area contributed by atoms with Crippen LogP contribution in [0, 0.1) is 5.82 Å². The Morgan fingerprint density at radius 2 is 2.08 bits per heavy atom. The fourth-order valence-corrected chi connectivity index (χ4v) is 4.08. The zero-order valence-corrected chi connectivity index (χ0v) is 14.2. The van der Waals surface area contributed by atoms with Crippen molar-refractivity contribution in [2.24, 2.45) is 0 Å². The minimum Gasteiger partial charge on any atom is -0.463 e. The lowest BCUT2D eigenvalue weighted by atomic mass is 9.67. The van der Waals surface area contributed by atoms with E-state index in [1.807, 2.05) is 0 Å². The van der Waals surface area contributed by atoms with Crippen molar-refractivity contribution in [3.8, 4) is 5.75 Å². The Morgan fingerprint density at radius 3 is 2.85 bits per heavy atom. The van der Waals surface area contributed by atoms with E-state index in [4.69, 9.17) is 9.47 Å². The van der Waals surface area contributed by atoms with Crippen LogP contribution in [0.4, 0.5) is 4.39 Å². The summed E-state index contributed by atoms with van der Waals surface area (Å²) in [6.45, 7) is 1.92. The van der Waals surface area contributed by atoms with Crippen molar-refractivity contribution < 1.29 is 23.5 Å². The quantitative estimate of drug-likeness (QED) is 0.625. The molecule has 5 heteroatoms. The number of rotatable bonds is 3. The van der Waals surface area contributed by atoms with E-state index in [-0.39, 0.29) is 18.0 Å². The Bertz CT molecular complexity index is 933. The summed E-state index contributed by atoms with van der Waals surface area (Å²) in [5, 5.41) is 0. The van der Waals surface area contributed by atoms with E-state index in [9.17, 15) is 14.0 Å². The first-order valence-corrected chi connectivity index (χ1v) is 8.54. The third-order valence-corrected chi connectivity index (χ3v) is 5.09. The number of hydrogen-bond donors (Lipinski definition) is 0. The molecule has 2 aromatic rings. The van der Waals surface area contributed by atoms with Crippen LogP contribution in [-0.4, -0.2) is 18.5 Å². The standard InChI is InChI=1S/C21H17FO4/c1-2-25-19(23)17-11-10-15(13-6-5-7-14(22)12-13)21(17)16-8-3-4-9-18(16)26-20(21)24/h3-9,11-12,15H,2,10H2,1H3/t15-,21+/m1/s1. The lowest BCUT2D eigenvalue weighted by Gasteiger charge is -2.31. The van der Waals surface area contributed by atoms with Gasteiger partial charge in [-0.3, -0.25) is 4.79 Å². The molecular formula is C21H17FO4. The van der Waals surface area contributed by atoms with Gasteiger partial charge in [0.25, 0.3) is 0 Å². The summed E-state index contributed by atoms with van der Waals surface area (Å²) in [7, 11) is 0. The molecule has 4 nitrogen and oxygen atoms in total. The SMILES string of the molecule is CCOC(=O)C1=CC[C@H](c2cccc(F)c2)[C@@]12C(=O)Oc1ccccc12. The first kappa shape index (κ1) is 16.5. The molecule has 0 saturated heterocycles. The fraction of sp³-hybridized carbons (Fsp3) is 0.238. The molecule has 0 N–H and O–H groups in total. The van der Waals surface area contributed by atoms with E-state index in [1.165, 1.54) is 12.1 Å². The molecule has 0 amide bonds. The molecule has 0 bridgehead atoms. The summed E-state index contributed by atoms with van der Waals surface area (Å²) in [5.74, 6) is -1.46. The Kier molecular flexibility index (Phi) is 3.87. The highest BCUT2D eigenvalue weighted by Crippen LogP contribution is 2.57. The predicted molar refractivity (Wildman–Crippen MR) is 92.2 cm³/mol. The van der Waals surface area contributed by atoms with Gasteiger partial charge in [0.05, 0.1) is 12.2 Å². The molecule has 2 aromatic carbocycles. The smallest absolute Gasteiger partial charge is 0.335 e. The number of esters is 2. The van der Waals surface area contributed by atoms with Gasteiger partial charge in [-0.15, -0.1) is 0 Å². The number of fused-ring (bicyclic) bond motifs is 2. The van der Waals surface area contributed by atoms with E-state index < -0.39 is 23.3 Å². The summed E-state index contributed by atoms with van der Waals surface area (Å²) >= 11 is 0. The fourth-order valence-electron chi connectivity index (χ4n) is 4.08. The van der Waals surface area contributed by atoms with Gasteiger partial charge in [-0.05, 0) is 37.1 Å². The second-order valence-corrected chi connectivity index (χ2v) is 6.38. The van der Waals surface area contributed by atoms with Crippen LogP contribution in [0.15, 0.2) is 60.2 Å². The highest BCUT2D eigenvalue weighted by Gasteiger charge is 2.61. The summed E-state index contributed by atoms with van der Waals surface area (Å²) in [6.07, 6.45) is 2.14. The highest BCUT2D eigenvalue weighted by molar-refractivity contribution is 6.07. The van der Waals surface area contributed by atoms with Crippen LogP contribution >= 0.6 is 0 Å². The maximum Gasteiger partial charge on any atom is 0.335 e. The van der Waals surface area contributed by atoms with E-state index in [0.717, 1.165) is 0 Å². The summed E-state index contributed by atoms with van der Waals surface area (Å²) in [5.41, 5.74) is 0.227. The molecule has 1 aliphatic carbocycles. The average molecular weight is 352 g/mol. The second-order valence-electron chi connectivity index (χ2n) is 6.38. The van der Waals surface area contributed by atoms with Crippen molar-refractivity contribution in [3.05, 3.63) is 77.1 Å². The Morgan fingerprint density at radius 1 is 1.27 bits per heavy atom. The van der Waals surface area contributed by atoms with Crippen LogP contribution in [0.5, 0.6) is 5.75 Å². The van der Waals surface area contributed by atoms with Crippen molar-refractivity contribution in [1.29, 1.82) is 0 Å². The number of ether oxygens (including phenoxy) is 2. The summed E-state index contributed by atoms with van der Waals surface area (Å²) in [4.78, 5) is 25.7. The zero-order chi connectivity index (χ0) is 18.3. The lowest BCUT2D eigenvalue weighted by Crippen LogP contribution is -2.41. The van der Waals surface area contributed by atoms with Gasteiger partial charge < -0.3 is 9.47 Å². The van der Waals surface area contributed by atoms with Crippen LogP contribution in [-0.2, 0) is 19.7 Å². The molecule has 1 spiro atoms. The average Bonchev–Trinajstić information content (AvgIpc) is 3.16. The molecule has 1 aliphatic heterocycles. The number of carbonyl (C=O) groups excluding carboxylic acids is 2. The van der Waals surface area contributed by atoms with Crippen LogP contribution in [0.25, 0.3) is 0 Å². The Labute approximate surface area is 150 Å². The van der Waals surface area contributed by atoms with Crippen LogP contribution in [0.1, 0.15) is 30.4 Å². The minimum absolute atomic E-state index is 0.202. The minimum atomic E-state index is -1.31. The maximum absolute atomic E-state index is 13.8. The van der Waals surface area contributed by atoms with Gasteiger partial charge in [0.1, 0.15) is 17.0 Å². The maximum atomic E-state index is 13.8. The predicted octanol–water partition coefficient (Wildman–Crippen LogP) is 3.66. The molecule has 0 fully saturated rings. The topological polar surface area (TPSA) is 52.6 Å². The third kappa shape index (κ3) is 2.20. The Hall–Kier alpha value is -2.95. The molecule has 0 aromatic heterocycles. The molecule has 26 heavy (non-hydrogen) atoms. The van der Waals surface area contributed by atoms with Crippen molar-refractivity contribution in [3.63, 3.8) is 0 Å². The van der Waals surface area contributed by atoms with E-state index >= 15 is 0 Å². The molecule has 0 unspecified atom stereocenters. The normalized spacial score (nSPS) is 23.5. The molecule has 0 saturated carbocycles. The van der Waals surface area contributed by atoms with Gasteiger partial charge in [-0.2, -0.15) is 0 Å². The summed E-state index contributed by atoms with van der Waals surface area (Å²) < 4.78 is 24.5. The van der Waals surface area contributed by atoms with Crippen molar-refractivity contribution in [2.75, 3.05) is 6.61 Å². The number of halogens is 1. The van der Waals surface area contributed by atoms with Gasteiger partial charge in [-0.25, -0.2) is 9.18 Å². The molecule has 132 valence electrons. The number of para-hydroxylation sites is 1. The largest absolute Gasteiger partial charge is 0.463 e. The highest BCUT2D eigenvalue weighted by atomic mass is 19.1. The lowest BCUT2D eigenvalue weighted by molar-refractivity contribution is -0.144. The molecule has 2 atom stereocenters. The van der Waals surface area contributed by atoms with Crippen molar-refractivity contribution in [1.82, 2.24) is 0 Å². The van der Waals surface area contributed by atoms with Crippen molar-refractivity contribution in [2.45, 2.75) is 24.7 Å². The van der Waals surface area contributed by atoms with Gasteiger partial charge >= 0.3 is 11.9 Å². The van der Waals surface area contributed by atoms with E-state index in [2.05, 4.69) is 0 Å². The number of benzene rings is 2. The van der Waals surface area contributed by atoms with Gasteiger partial charge in [0.15, 0.2) is 0 Å². The van der Waals surface area contributed by atoms with Crippen LogP contribution < -0.4 is 4.74 Å². The van der Waals surface area contributed by atoms with Crippen LogP contribution in [0.2, 0.25) is 0 Å². The third-order valence-electron chi connectivity index (χ3n) is 5.09. The molecular weight excluding hydrogens is 335 g/mol. The van der Waals surface area contributed by atoms with E-state index in [0.29, 0.717) is 23.3 Å². The van der Waals surface area contributed by atoms with E-state index in [1.54, 1.807) is 49.4 Å². The first-order chi connectivity index (χ1) is 12.6. The molecule has 0 radical (unpaired) electrons. The number of carbonyl (C=O) groups is 2. The Balaban J connectivity index is 1.93. The molecule has 1 heterocycles. The zero-order valence-electron chi connectivity index (χ0n) is 14.2. The number of hydrogen-bond acceptors (Lipinski definition) is 4. The first-order valence-electron chi connectivity index (χ1n) is 8.54. The monoisotopic (exact) mass is 352 g/mol. The van der Waals surface area contributed by atoms with Gasteiger partial charge in [0.2, 0.25) is 0 Å². The van der Waals surface area contributed by atoms with Crippen LogP contribution in [0.3, 0.4) is 0 Å². The van der Waals surface area contributed by atoms with Gasteiger partial charge in [0, 0.05) is 11.5 Å². The van der Waals surface area contributed by atoms with Gasteiger partial charge in [-0.1, -0.05) is 36.4 Å². The molecule has 4 rings (SSSR count). The second kappa shape index (κ2) is 6.09.